The minimum Gasteiger partial charge on any atom is -0.457 e. The second-order valence-electron chi connectivity index (χ2n) is 9.96. The lowest BCUT2D eigenvalue weighted by Gasteiger charge is -2.25. The molecule has 2 N–H and O–H groups in total. The highest BCUT2D eigenvalue weighted by atomic mass is 19.1. The Labute approximate surface area is 204 Å². The quantitative estimate of drug-likeness (QED) is 0.473. The molecule has 0 aliphatic heterocycles. The van der Waals surface area contributed by atoms with Crippen LogP contribution >= 0.6 is 0 Å². The predicted molar refractivity (Wildman–Crippen MR) is 134 cm³/mol. The van der Waals surface area contributed by atoms with Crippen LogP contribution in [0.2, 0.25) is 0 Å². The molecule has 6 nitrogen and oxygen atoms in total. The molecule has 0 saturated carbocycles. The standard InChI is InChI=1S/C28H30FN3O3/c1-17(33)31-26-16-23(11-12-30-26)35-22-9-7-18-5-6-19(13-20(18)14-22)27(34)32-25-15-21(28(2,3)4)8-10-24(25)29/h7-12,14-16,19H,5-6,13H2,1-4H3,(H,32,34)(H,30,31,33). The number of fused-ring (bicyclic) bond motifs is 1. The first-order chi connectivity index (χ1) is 16.6. The van der Waals surface area contributed by atoms with E-state index >= 15 is 0 Å². The van der Waals surface area contributed by atoms with Crippen molar-refractivity contribution in [1.29, 1.82) is 0 Å². The lowest BCUT2D eigenvalue weighted by molar-refractivity contribution is -0.120. The normalized spacial score (nSPS) is 15.2. The summed E-state index contributed by atoms with van der Waals surface area (Å²) in [6.45, 7) is 7.57. The van der Waals surface area contributed by atoms with Crippen LogP contribution in [0.15, 0.2) is 54.7 Å². The van der Waals surface area contributed by atoms with E-state index in [9.17, 15) is 14.0 Å². The zero-order valence-electron chi connectivity index (χ0n) is 20.4. The number of carbonyl (C=O) groups is 2. The number of hydrogen-bond donors (Lipinski definition) is 2. The van der Waals surface area contributed by atoms with Crippen molar-refractivity contribution in [2.45, 2.75) is 52.4 Å². The molecule has 35 heavy (non-hydrogen) atoms. The Morgan fingerprint density at radius 2 is 1.77 bits per heavy atom. The van der Waals surface area contributed by atoms with Gasteiger partial charge in [0, 0.05) is 25.1 Å². The van der Waals surface area contributed by atoms with Gasteiger partial charge in [0.25, 0.3) is 0 Å². The van der Waals surface area contributed by atoms with Gasteiger partial charge in [0.05, 0.1) is 5.69 Å². The molecule has 1 heterocycles. The van der Waals surface area contributed by atoms with Gasteiger partial charge in [0.1, 0.15) is 23.1 Å². The fourth-order valence-corrected chi connectivity index (χ4v) is 4.20. The predicted octanol–water partition coefficient (Wildman–Crippen LogP) is 6.01. The molecule has 1 aromatic heterocycles. The Morgan fingerprint density at radius 1 is 1.00 bits per heavy atom. The topological polar surface area (TPSA) is 80.3 Å². The minimum atomic E-state index is -0.436. The number of ether oxygens (including phenoxy) is 1. The molecule has 1 aliphatic rings. The number of benzene rings is 2. The first-order valence-electron chi connectivity index (χ1n) is 11.7. The highest BCUT2D eigenvalue weighted by Crippen LogP contribution is 2.32. The van der Waals surface area contributed by atoms with Crippen molar-refractivity contribution in [1.82, 2.24) is 4.98 Å². The lowest BCUT2D eigenvalue weighted by atomic mass is 9.83. The van der Waals surface area contributed by atoms with Gasteiger partial charge in [-0.2, -0.15) is 0 Å². The van der Waals surface area contributed by atoms with E-state index in [-0.39, 0.29) is 28.8 Å². The van der Waals surface area contributed by atoms with Gasteiger partial charge in [0.2, 0.25) is 11.8 Å². The first-order valence-corrected chi connectivity index (χ1v) is 11.7. The van der Waals surface area contributed by atoms with E-state index in [1.165, 1.54) is 18.6 Å². The maximum absolute atomic E-state index is 14.4. The lowest BCUT2D eigenvalue weighted by Crippen LogP contribution is -2.28. The van der Waals surface area contributed by atoms with Gasteiger partial charge in [0.15, 0.2) is 0 Å². The molecule has 0 bridgehead atoms. The summed E-state index contributed by atoms with van der Waals surface area (Å²) >= 11 is 0. The number of halogens is 1. The third-order valence-electron chi connectivity index (χ3n) is 6.14. The molecule has 2 aromatic carbocycles. The van der Waals surface area contributed by atoms with E-state index in [0.717, 1.165) is 17.5 Å². The van der Waals surface area contributed by atoms with Crippen molar-refractivity contribution in [3.8, 4) is 11.5 Å². The van der Waals surface area contributed by atoms with Crippen LogP contribution in [0.3, 0.4) is 0 Å². The van der Waals surface area contributed by atoms with Crippen molar-refractivity contribution in [2.75, 3.05) is 10.6 Å². The minimum absolute atomic E-state index is 0.148. The number of carbonyl (C=O) groups excluding carboxylic acids is 2. The number of nitrogens with one attached hydrogen (secondary N) is 2. The fraction of sp³-hybridized carbons (Fsp3) is 0.321. The molecule has 4 rings (SSSR count). The molecule has 2 amide bonds. The van der Waals surface area contributed by atoms with Crippen molar-refractivity contribution < 1.29 is 18.7 Å². The largest absolute Gasteiger partial charge is 0.457 e. The van der Waals surface area contributed by atoms with Crippen LogP contribution < -0.4 is 15.4 Å². The number of aryl methyl sites for hydroxylation is 1. The van der Waals surface area contributed by atoms with Gasteiger partial charge in [-0.15, -0.1) is 0 Å². The summed E-state index contributed by atoms with van der Waals surface area (Å²) in [5, 5.41) is 5.45. The second-order valence-corrected chi connectivity index (χ2v) is 9.96. The van der Waals surface area contributed by atoms with Crippen LogP contribution in [-0.4, -0.2) is 16.8 Å². The highest BCUT2D eigenvalue weighted by Gasteiger charge is 2.26. The van der Waals surface area contributed by atoms with Crippen LogP contribution in [-0.2, 0) is 27.8 Å². The number of nitrogens with zero attached hydrogens (tertiary/aromatic N) is 1. The number of amides is 2. The number of anilines is 2. The average molecular weight is 476 g/mol. The van der Waals surface area contributed by atoms with E-state index in [0.29, 0.717) is 30.2 Å². The Balaban J connectivity index is 1.47. The van der Waals surface area contributed by atoms with Crippen LogP contribution in [0.1, 0.15) is 50.8 Å². The van der Waals surface area contributed by atoms with E-state index in [4.69, 9.17) is 4.74 Å². The van der Waals surface area contributed by atoms with Gasteiger partial charge in [-0.25, -0.2) is 9.37 Å². The Morgan fingerprint density at radius 3 is 2.51 bits per heavy atom. The smallest absolute Gasteiger partial charge is 0.227 e. The van der Waals surface area contributed by atoms with Gasteiger partial charge in [-0.1, -0.05) is 32.9 Å². The van der Waals surface area contributed by atoms with Crippen molar-refractivity contribution >= 4 is 23.3 Å². The maximum atomic E-state index is 14.4. The summed E-state index contributed by atoms with van der Waals surface area (Å²) in [5.41, 5.74) is 3.25. The van der Waals surface area contributed by atoms with Gasteiger partial charge in [-0.3, -0.25) is 9.59 Å². The number of pyridine rings is 1. The third kappa shape index (κ3) is 6.04. The summed E-state index contributed by atoms with van der Waals surface area (Å²) in [5.74, 6) is 0.500. The molecule has 3 aromatic rings. The third-order valence-corrected chi connectivity index (χ3v) is 6.14. The van der Waals surface area contributed by atoms with Crippen molar-refractivity contribution in [2.24, 2.45) is 5.92 Å². The molecule has 0 radical (unpaired) electrons. The highest BCUT2D eigenvalue weighted by molar-refractivity contribution is 5.93. The summed E-state index contributed by atoms with van der Waals surface area (Å²) < 4.78 is 20.4. The van der Waals surface area contributed by atoms with E-state index in [1.807, 2.05) is 18.2 Å². The van der Waals surface area contributed by atoms with E-state index < -0.39 is 5.82 Å². The summed E-state index contributed by atoms with van der Waals surface area (Å²) in [4.78, 5) is 28.4. The molecular weight excluding hydrogens is 445 g/mol. The van der Waals surface area contributed by atoms with Crippen LogP contribution in [0.5, 0.6) is 11.5 Å². The van der Waals surface area contributed by atoms with E-state index in [1.54, 1.807) is 30.5 Å². The molecular formula is C28H30FN3O3. The molecule has 1 aliphatic carbocycles. The summed E-state index contributed by atoms with van der Waals surface area (Å²) in [6.07, 6.45) is 3.57. The van der Waals surface area contributed by atoms with Gasteiger partial charge in [-0.05, 0) is 71.7 Å². The monoisotopic (exact) mass is 475 g/mol. The molecule has 1 unspecified atom stereocenters. The maximum Gasteiger partial charge on any atom is 0.227 e. The van der Waals surface area contributed by atoms with Crippen LogP contribution in [0.4, 0.5) is 15.9 Å². The fourth-order valence-electron chi connectivity index (χ4n) is 4.20. The Hall–Kier alpha value is -3.74. The Kier molecular flexibility index (Phi) is 6.87. The Bertz CT molecular complexity index is 1270. The molecule has 0 saturated heterocycles. The summed E-state index contributed by atoms with van der Waals surface area (Å²) in [6, 6.07) is 14.1. The molecule has 0 spiro atoms. The van der Waals surface area contributed by atoms with Gasteiger partial charge < -0.3 is 15.4 Å². The van der Waals surface area contributed by atoms with E-state index in [2.05, 4.69) is 36.4 Å². The van der Waals surface area contributed by atoms with Crippen LogP contribution in [0, 0.1) is 11.7 Å². The van der Waals surface area contributed by atoms with Crippen LogP contribution in [0.25, 0.3) is 0 Å². The zero-order chi connectivity index (χ0) is 25.2. The zero-order valence-corrected chi connectivity index (χ0v) is 20.4. The van der Waals surface area contributed by atoms with Crippen molar-refractivity contribution in [3.05, 3.63) is 77.2 Å². The summed E-state index contributed by atoms with van der Waals surface area (Å²) in [7, 11) is 0. The molecule has 0 fully saturated rings. The average Bonchev–Trinajstić information content (AvgIpc) is 2.79. The number of aromatic nitrogens is 1. The number of rotatable bonds is 5. The SMILES string of the molecule is CC(=O)Nc1cc(Oc2ccc3c(c2)CC(C(=O)Nc2cc(C(C)(C)C)ccc2F)CC3)ccn1. The molecule has 7 heteroatoms. The molecule has 1 atom stereocenters. The van der Waals surface area contributed by atoms with Gasteiger partial charge >= 0.3 is 0 Å². The molecule has 182 valence electrons. The first kappa shape index (κ1) is 24.4. The van der Waals surface area contributed by atoms with Crippen molar-refractivity contribution in [3.63, 3.8) is 0 Å². The number of hydrogen-bond acceptors (Lipinski definition) is 4. The second kappa shape index (κ2) is 9.86.